The van der Waals surface area contributed by atoms with Crippen molar-refractivity contribution in [1.29, 1.82) is 0 Å². The number of benzene rings is 1. The molecule has 1 unspecified atom stereocenters. The number of fused-ring (bicyclic) bond motifs is 6. The summed E-state index contributed by atoms with van der Waals surface area (Å²) < 4.78 is 2.48. The van der Waals surface area contributed by atoms with Gasteiger partial charge in [-0.2, -0.15) is 0 Å². The van der Waals surface area contributed by atoms with E-state index in [1.54, 1.807) is 0 Å². The number of aromatic nitrogens is 1. The fourth-order valence-corrected chi connectivity index (χ4v) is 4.94. The van der Waals surface area contributed by atoms with Gasteiger partial charge >= 0.3 is 0 Å². The first-order valence-corrected chi connectivity index (χ1v) is 8.22. The maximum absolute atomic E-state index is 10.1. The molecule has 2 bridgehead atoms. The van der Waals surface area contributed by atoms with Crippen LogP contribution in [0, 0.1) is 18.8 Å². The first-order valence-electron chi connectivity index (χ1n) is 8.22. The average Bonchev–Trinajstić information content (AvgIpc) is 2.83. The second kappa shape index (κ2) is 4.97. The number of piperidine rings is 1. The third-order valence-electron chi connectivity index (χ3n) is 5.92. The summed E-state index contributed by atoms with van der Waals surface area (Å²) in [7, 11) is 2.21. The van der Waals surface area contributed by atoms with E-state index in [0.29, 0.717) is 18.0 Å². The highest BCUT2D eigenvalue weighted by atomic mass is 16.3. The van der Waals surface area contributed by atoms with Crippen molar-refractivity contribution in [3.05, 3.63) is 48.2 Å². The number of rotatable bonds is 2. The number of hydrogen-bond donors (Lipinski definition) is 1. The van der Waals surface area contributed by atoms with Crippen LogP contribution in [0.5, 0.6) is 0 Å². The van der Waals surface area contributed by atoms with Gasteiger partial charge in [-0.3, -0.25) is 4.90 Å². The lowest BCUT2D eigenvalue weighted by Gasteiger charge is -2.51. The topological polar surface area (TPSA) is 28.4 Å². The standard InChI is InChI=1S/C19H24N2O/c1-4-13-15-9-10-20(3)19(13)21-17-8-6-5-7-14(17)12(2)18(21)16(15)11-22/h4-8,13,15-16,19,22H,1,9-11H2,2-3H3/t13?,15-,16+,19+/m0/s1. The molecule has 2 aromatic rings. The molecular weight excluding hydrogens is 272 g/mol. The van der Waals surface area contributed by atoms with Crippen molar-refractivity contribution in [1.82, 2.24) is 9.47 Å². The third-order valence-corrected chi connectivity index (χ3v) is 5.92. The van der Waals surface area contributed by atoms with Crippen molar-refractivity contribution in [2.45, 2.75) is 25.4 Å². The molecule has 2 aliphatic heterocycles. The molecule has 116 valence electrons. The summed E-state index contributed by atoms with van der Waals surface area (Å²) in [6.07, 6.45) is 3.57. The predicted molar refractivity (Wildman–Crippen MR) is 90.0 cm³/mol. The summed E-state index contributed by atoms with van der Waals surface area (Å²) >= 11 is 0. The lowest BCUT2D eigenvalue weighted by Crippen LogP contribution is -2.50. The molecule has 1 fully saturated rings. The van der Waals surface area contributed by atoms with Crippen molar-refractivity contribution in [2.75, 3.05) is 20.2 Å². The van der Waals surface area contributed by atoms with Crippen LogP contribution in [0.25, 0.3) is 10.9 Å². The zero-order valence-corrected chi connectivity index (χ0v) is 13.4. The van der Waals surface area contributed by atoms with Crippen LogP contribution in [0.3, 0.4) is 0 Å². The highest BCUT2D eigenvalue weighted by Crippen LogP contribution is 2.51. The molecule has 1 saturated heterocycles. The Morgan fingerprint density at radius 3 is 2.86 bits per heavy atom. The van der Waals surface area contributed by atoms with Crippen LogP contribution in [-0.4, -0.2) is 34.8 Å². The molecule has 0 radical (unpaired) electrons. The lowest BCUT2D eigenvalue weighted by molar-refractivity contribution is 0.00173. The van der Waals surface area contributed by atoms with Gasteiger partial charge in [0.25, 0.3) is 0 Å². The van der Waals surface area contributed by atoms with E-state index < -0.39 is 0 Å². The summed E-state index contributed by atoms with van der Waals surface area (Å²) in [6.45, 7) is 7.63. The molecule has 22 heavy (non-hydrogen) atoms. The normalized spacial score (nSPS) is 31.2. The zero-order chi connectivity index (χ0) is 15.4. The van der Waals surface area contributed by atoms with Crippen molar-refractivity contribution in [3.63, 3.8) is 0 Å². The molecule has 1 aromatic carbocycles. The van der Waals surface area contributed by atoms with E-state index in [1.807, 2.05) is 0 Å². The summed E-state index contributed by atoms with van der Waals surface area (Å²) in [5.74, 6) is 1.12. The van der Waals surface area contributed by atoms with Crippen LogP contribution in [0.15, 0.2) is 36.9 Å². The maximum Gasteiger partial charge on any atom is 0.0931 e. The zero-order valence-electron chi connectivity index (χ0n) is 13.4. The molecule has 3 heterocycles. The van der Waals surface area contributed by atoms with Crippen molar-refractivity contribution in [2.24, 2.45) is 11.8 Å². The molecule has 3 nitrogen and oxygen atoms in total. The van der Waals surface area contributed by atoms with Gasteiger partial charge in [0, 0.05) is 35.0 Å². The van der Waals surface area contributed by atoms with E-state index in [9.17, 15) is 5.11 Å². The minimum atomic E-state index is 0.223. The Balaban J connectivity index is 2.07. The molecular formula is C19H24N2O. The van der Waals surface area contributed by atoms with Gasteiger partial charge in [-0.05, 0) is 37.9 Å². The van der Waals surface area contributed by atoms with E-state index in [1.165, 1.54) is 22.2 Å². The van der Waals surface area contributed by atoms with Crippen molar-refractivity contribution >= 4 is 10.9 Å². The average molecular weight is 296 g/mol. The highest BCUT2D eigenvalue weighted by molar-refractivity contribution is 5.86. The van der Waals surface area contributed by atoms with Gasteiger partial charge in [0.2, 0.25) is 0 Å². The minimum absolute atomic E-state index is 0.223. The van der Waals surface area contributed by atoms with Crippen LogP contribution in [0.4, 0.5) is 0 Å². The minimum Gasteiger partial charge on any atom is -0.396 e. The summed E-state index contributed by atoms with van der Waals surface area (Å²) in [5, 5.41) is 11.4. The van der Waals surface area contributed by atoms with Crippen LogP contribution in [0.1, 0.15) is 29.8 Å². The number of hydrogen-bond acceptors (Lipinski definition) is 2. The molecule has 0 amide bonds. The molecule has 0 spiro atoms. The largest absolute Gasteiger partial charge is 0.396 e. The van der Waals surface area contributed by atoms with E-state index in [2.05, 4.69) is 60.4 Å². The van der Waals surface area contributed by atoms with Crippen LogP contribution in [0.2, 0.25) is 0 Å². The third kappa shape index (κ3) is 1.64. The molecule has 1 N–H and O–H groups in total. The molecule has 0 saturated carbocycles. The van der Waals surface area contributed by atoms with Gasteiger partial charge in [0.15, 0.2) is 0 Å². The molecule has 0 aliphatic carbocycles. The first kappa shape index (κ1) is 14.0. The second-order valence-corrected chi connectivity index (χ2v) is 6.85. The Labute approximate surface area is 131 Å². The number of nitrogens with zero attached hydrogens (tertiary/aromatic N) is 2. The Bertz CT molecular complexity index is 732. The second-order valence-electron chi connectivity index (χ2n) is 6.85. The first-order chi connectivity index (χ1) is 10.7. The van der Waals surface area contributed by atoms with E-state index >= 15 is 0 Å². The molecule has 4 rings (SSSR count). The Morgan fingerprint density at radius 2 is 2.14 bits per heavy atom. The van der Waals surface area contributed by atoms with Crippen molar-refractivity contribution in [3.8, 4) is 0 Å². The van der Waals surface area contributed by atoms with Crippen LogP contribution < -0.4 is 0 Å². The fraction of sp³-hybridized carbons (Fsp3) is 0.474. The predicted octanol–water partition coefficient (Wildman–Crippen LogP) is 3.29. The SMILES string of the molecule is C=CC1[C@@H]2N(C)CC[C@@H]1[C@@H](CO)c1c(C)c3ccccc3n12. The smallest absolute Gasteiger partial charge is 0.0931 e. The van der Waals surface area contributed by atoms with E-state index in [4.69, 9.17) is 0 Å². The van der Waals surface area contributed by atoms with E-state index in [0.717, 1.165) is 13.0 Å². The fourth-order valence-electron chi connectivity index (χ4n) is 4.94. The number of aryl methyl sites for hydroxylation is 1. The van der Waals surface area contributed by atoms with E-state index in [-0.39, 0.29) is 12.5 Å². The Morgan fingerprint density at radius 1 is 1.36 bits per heavy atom. The summed E-state index contributed by atoms with van der Waals surface area (Å²) in [6, 6.07) is 8.64. The van der Waals surface area contributed by atoms with Gasteiger partial charge in [0.05, 0.1) is 12.8 Å². The molecule has 2 aliphatic rings. The number of para-hydroxylation sites is 1. The quantitative estimate of drug-likeness (QED) is 0.861. The monoisotopic (exact) mass is 296 g/mol. The van der Waals surface area contributed by atoms with Gasteiger partial charge in [-0.1, -0.05) is 24.3 Å². The molecule has 3 heteroatoms. The number of aliphatic hydroxyl groups is 1. The molecule has 1 aromatic heterocycles. The van der Waals surface area contributed by atoms with Crippen molar-refractivity contribution < 1.29 is 5.11 Å². The highest BCUT2D eigenvalue weighted by Gasteiger charge is 2.47. The van der Waals surface area contributed by atoms with Gasteiger partial charge < -0.3 is 9.67 Å². The number of likely N-dealkylation sites (tertiary alicyclic amines) is 1. The number of aliphatic hydroxyl groups excluding tert-OH is 1. The summed E-state index contributed by atoms with van der Waals surface area (Å²) in [5.41, 5.74) is 3.96. The van der Waals surface area contributed by atoms with Crippen LogP contribution >= 0.6 is 0 Å². The van der Waals surface area contributed by atoms with Gasteiger partial charge in [-0.25, -0.2) is 0 Å². The lowest BCUT2D eigenvalue weighted by atomic mass is 9.70. The Hall–Kier alpha value is -1.58. The Kier molecular flexibility index (Phi) is 3.17. The molecule has 4 atom stereocenters. The maximum atomic E-state index is 10.1. The van der Waals surface area contributed by atoms with Gasteiger partial charge in [0.1, 0.15) is 0 Å². The van der Waals surface area contributed by atoms with Gasteiger partial charge in [-0.15, -0.1) is 6.58 Å². The summed E-state index contributed by atoms with van der Waals surface area (Å²) in [4.78, 5) is 2.45. The van der Waals surface area contributed by atoms with Crippen LogP contribution in [-0.2, 0) is 0 Å².